The van der Waals surface area contributed by atoms with Crippen LogP contribution in [0.15, 0.2) is 42.5 Å². The van der Waals surface area contributed by atoms with Crippen molar-refractivity contribution in [1.82, 2.24) is 5.32 Å². The van der Waals surface area contributed by atoms with E-state index in [1.165, 1.54) is 0 Å². The van der Waals surface area contributed by atoms with Crippen molar-refractivity contribution < 1.29 is 19.1 Å². The number of carbonyl (C=O) groups excluding carboxylic acids is 2. The zero-order chi connectivity index (χ0) is 19.1. The zero-order valence-electron chi connectivity index (χ0n) is 15.2. The number of nitrogens with two attached hydrogens (primary N) is 1. The molecule has 0 heterocycles. The van der Waals surface area contributed by atoms with Crippen LogP contribution in [0.1, 0.15) is 28.4 Å². The fraction of sp³-hybridized carbons (Fsp3) is 0.300. The Labute approximate surface area is 153 Å². The fourth-order valence-electron chi connectivity index (χ4n) is 2.44. The average Bonchev–Trinajstić information content (AvgIpc) is 2.62. The van der Waals surface area contributed by atoms with Gasteiger partial charge in [0, 0.05) is 6.54 Å². The number of carbonyl (C=O) groups is 2. The molecule has 2 rings (SSSR count). The quantitative estimate of drug-likeness (QED) is 0.759. The highest BCUT2D eigenvalue weighted by Gasteiger charge is 2.18. The zero-order valence-corrected chi connectivity index (χ0v) is 15.2. The minimum atomic E-state index is -0.745. The number of hydrogen-bond donors (Lipinski definition) is 2. The summed E-state index contributed by atoms with van der Waals surface area (Å²) in [6.07, 6.45) is -0.0508. The molecule has 0 radical (unpaired) electrons. The van der Waals surface area contributed by atoms with Crippen LogP contribution in [0.4, 0.5) is 0 Å². The van der Waals surface area contributed by atoms with Gasteiger partial charge in [-0.25, -0.2) is 0 Å². The molecule has 3 N–H and O–H groups in total. The maximum atomic E-state index is 12.2. The first kappa shape index (κ1) is 19.3. The lowest BCUT2D eigenvalue weighted by Gasteiger charge is -2.17. The van der Waals surface area contributed by atoms with E-state index in [0.717, 1.165) is 16.9 Å². The summed E-state index contributed by atoms with van der Waals surface area (Å²) in [6, 6.07) is 12.7. The van der Waals surface area contributed by atoms with Crippen molar-refractivity contribution in [3.63, 3.8) is 0 Å². The third-order valence-corrected chi connectivity index (χ3v) is 3.95. The molecule has 6 nitrogen and oxygen atoms in total. The molecule has 0 aliphatic rings. The van der Waals surface area contributed by atoms with E-state index in [1.807, 2.05) is 31.2 Å². The standard InChI is InChI=1S/C20H24N2O4/c1-13-4-9-17(19(21)23)18(12-13)26-14(2)20(24)22-11-10-15-5-7-16(25-3)8-6-15/h4-9,12,14H,10-11H2,1-3H3,(H2,21,23)(H,22,24)/t14-/m1/s1. The van der Waals surface area contributed by atoms with Crippen LogP contribution in [-0.2, 0) is 11.2 Å². The van der Waals surface area contributed by atoms with Gasteiger partial charge < -0.3 is 20.5 Å². The lowest BCUT2D eigenvalue weighted by atomic mass is 10.1. The number of aryl methyl sites for hydroxylation is 1. The molecule has 2 amide bonds. The van der Waals surface area contributed by atoms with Crippen molar-refractivity contribution in [3.05, 3.63) is 59.2 Å². The Morgan fingerprint density at radius 1 is 1.15 bits per heavy atom. The van der Waals surface area contributed by atoms with Crippen LogP contribution in [0.3, 0.4) is 0 Å². The van der Waals surface area contributed by atoms with E-state index in [2.05, 4.69) is 5.32 Å². The number of methoxy groups -OCH3 is 1. The predicted octanol–water partition coefficient (Wildman–Crippen LogP) is 2.23. The van der Waals surface area contributed by atoms with Gasteiger partial charge in [0.1, 0.15) is 11.5 Å². The lowest BCUT2D eigenvalue weighted by molar-refractivity contribution is -0.127. The topological polar surface area (TPSA) is 90.7 Å². The molecule has 0 aliphatic carbocycles. The van der Waals surface area contributed by atoms with Crippen molar-refractivity contribution in [2.24, 2.45) is 5.73 Å². The Balaban J connectivity index is 1.89. The fourth-order valence-corrected chi connectivity index (χ4v) is 2.44. The molecule has 0 aliphatic heterocycles. The first-order valence-electron chi connectivity index (χ1n) is 8.38. The van der Waals surface area contributed by atoms with Gasteiger partial charge in [-0.2, -0.15) is 0 Å². The lowest BCUT2D eigenvalue weighted by Crippen LogP contribution is -2.37. The minimum absolute atomic E-state index is 0.254. The van der Waals surface area contributed by atoms with Gasteiger partial charge in [-0.05, 0) is 55.7 Å². The molecule has 2 aromatic carbocycles. The Bertz CT molecular complexity index is 772. The van der Waals surface area contributed by atoms with E-state index in [0.29, 0.717) is 18.7 Å². The normalized spacial score (nSPS) is 11.5. The second-order valence-electron chi connectivity index (χ2n) is 6.01. The highest BCUT2D eigenvalue weighted by molar-refractivity contribution is 5.95. The van der Waals surface area contributed by atoms with E-state index in [4.69, 9.17) is 15.2 Å². The first-order chi connectivity index (χ1) is 12.4. The van der Waals surface area contributed by atoms with Crippen molar-refractivity contribution in [2.45, 2.75) is 26.4 Å². The number of amides is 2. The van der Waals surface area contributed by atoms with E-state index in [-0.39, 0.29) is 11.5 Å². The number of hydrogen-bond acceptors (Lipinski definition) is 4. The predicted molar refractivity (Wildman–Crippen MR) is 99.5 cm³/mol. The molecule has 6 heteroatoms. The number of rotatable bonds is 8. The van der Waals surface area contributed by atoms with Crippen LogP contribution in [0.5, 0.6) is 11.5 Å². The molecule has 1 atom stereocenters. The van der Waals surface area contributed by atoms with Gasteiger partial charge in [-0.1, -0.05) is 18.2 Å². The van der Waals surface area contributed by atoms with Gasteiger partial charge in [0.2, 0.25) is 0 Å². The van der Waals surface area contributed by atoms with Gasteiger partial charge in [-0.15, -0.1) is 0 Å². The Hall–Kier alpha value is -3.02. The second-order valence-corrected chi connectivity index (χ2v) is 6.01. The maximum Gasteiger partial charge on any atom is 0.260 e. The molecule has 2 aromatic rings. The highest BCUT2D eigenvalue weighted by Crippen LogP contribution is 2.21. The summed E-state index contributed by atoms with van der Waals surface area (Å²) in [5, 5.41) is 2.83. The van der Waals surface area contributed by atoms with Gasteiger partial charge in [-0.3, -0.25) is 9.59 Å². The summed E-state index contributed by atoms with van der Waals surface area (Å²) in [5.74, 6) is 0.265. The molecule has 0 spiro atoms. The van der Waals surface area contributed by atoms with Crippen LogP contribution >= 0.6 is 0 Å². The third kappa shape index (κ3) is 5.24. The number of nitrogens with one attached hydrogen (secondary N) is 1. The number of benzene rings is 2. The maximum absolute atomic E-state index is 12.2. The SMILES string of the molecule is COc1ccc(CCNC(=O)[C@@H](C)Oc2cc(C)ccc2C(N)=O)cc1. The van der Waals surface area contributed by atoms with Crippen molar-refractivity contribution in [3.8, 4) is 11.5 Å². The van der Waals surface area contributed by atoms with Crippen LogP contribution in [0, 0.1) is 6.92 Å². The molecule has 0 saturated carbocycles. The third-order valence-electron chi connectivity index (χ3n) is 3.95. The van der Waals surface area contributed by atoms with Gasteiger partial charge in [0.05, 0.1) is 12.7 Å². The van der Waals surface area contributed by atoms with Crippen LogP contribution in [0.25, 0.3) is 0 Å². The Morgan fingerprint density at radius 2 is 1.85 bits per heavy atom. The summed E-state index contributed by atoms with van der Waals surface area (Å²) >= 11 is 0. The molecule has 26 heavy (non-hydrogen) atoms. The Morgan fingerprint density at radius 3 is 2.46 bits per heavy atom. The van der Waals surface area contributed by atoms with E-state index < -0.39 is 12.0 Å². The second kappa shape index (κ2) is 8.89. The van der Waals surface area contributed by atoms with Crippen LogP contribution in [-0.4, -0.2) is 31.6 Å². The van der Waals surface area contributed by atoms with Gasteiger partial charge >= 0.3 is 0 Å². The summed E-state index contributed by atoms with van der Waals surface area (Å²) in [6.45, 7) is 3.99. The van der Waals surface area contributed by atoms with E-state index in [9.17, 15) is 9.59 Å². The molecule has 0 aromatic heterocycles. The van der Waals surface area contributed by atoms with Crippen molar-refractivity contribution >= 4 is 11.8 Å². The summed E-state index contributed by atoms with van der Waals surface area (Å²) in [5.41, 5.74) is 7.62. The van der Waals surface area contributed by atoms with Crippen LogP contribution in [0.2, 0.25) is 0 Å². The molecule has 0 bridgehead atoms. The summed E-state index contributed by atoms with van der Waals surface area (Å²) in [7, 11) is 1.62. The Kier molecular flexibility index (Phi) is 6.60. The van der Waals surface area contributed by atoms with E-state index >= 15 is 0 Å². The average molecular weight is 356 g/mol. The van der Waals surface area contributed by atoms with Crippen LogP contribution < -0.4 is 20.5 Å². The highest BCUT2D eigenvalue weighted by atomic mass is 16.5. The number of ether oxygens (including phenoxy) is 2. The minimum Gasteiger partial charge on any atom is -0.497 e. The molecular weight excluding hydrogens is 332 g/mol. The molecular formula is C20H24N2O4. The van der Waals surface area contributed by atoms with Crippen molar-refractivity contribution in [2.75, 3.05) is 13.7 Å². The van der Waals surface area contributed by atoms with Gasteiger partial charge in [0.15, 0.2) is 6.10 Å². The summed E-state index contributed by atoms with van der Waals surface area (Å²) < 4.78 is 10.8. The largest absolute Gasteiger partial charge is 0.497 e. The molecule has 138 valence electrons. The van der Waals surface area contributed by atoms with E-state index in [1.54, 1.807) is 32.2 Å². The van der Waals surface area contributed by atoms with Gasteiger partial charge in [0.25, 0.3) is 11.8 Å². The first-order valence-corrected chi connectivity index (χ1v) is 8.38. The van der Waals surface area contributed by atoms with Crippen molar-refractivity contribution in [1.29, 1.82) is 0 Å². The smallest absolute Gasteiger partial charge is 0.260 e. The summed E-state index contributed by atoms with van der Waals surface area (Å²) in [4.78, 5) is 23.7. The number of primary amides is 1. The molecule has 0 saturated heterocycles. The molecule has 0 unspecified atom stereocenters. The monoisotopic (exact) mass is 356 g/mol. The molecule has 0 fully saturated rings.